The zero-order valence-electron chi connectivity index (χ0n) is 9.64. The second-order valence-corrected chi connectivity index (χ2v) is 3.92. The van der Waals surface area contributed by atoms with Crippen LogP contribution < -0.4 is 4.74 Å². The summed E-state index contributed by atoms with van der Waals surface area (Å²) < 4.78 is 5.53. The first-order valence-corrected chi connectivity index (χ1v) is 5.41. The van der Waals surface area contributed by atoms with E-state index in [1.165, 1.54) is 0 Å². The summed E-state index contributed by atoms with van der Waals surface area (Å²) >= 11 is 0. The Kier molecular flexibility index (Phi) is 4.28. The molecule has 0 aromatic carbocycles. The van der Waals surface area contributed by atoms with E-state index >= 15 is 0 Å². The lowest BCUT2D eigenvalue weighted by Gasteiger charge is -2.26. The molecule has 0 bridgehead atoms. The highest BCUT2D eigenvalue weighted by Crippen LogP contribution is 2.23. The molecule has 0 fully saturated rings. The van der Waals surface area contributed by atoms with Crippen molar-refractivity contribution in [1.82, 2.24) is 4.98 Å². The van der Waals surface area contributed by atoms with Crippen molar-refractivity contribution in [3.8, 4) is 5.75 Å². The highest BCUT2D eigenvalue weighted by Gasteiger charge is 2.34. The van der Waals surface area contributed by atoms with Gasteiger partial charge in [0.15, 0.2) is 0 Å². The van der Waals surface area contributed by atoms with Gasteiger partial charge in [0.25, 0.3) is 0 Å². The molecule has 1 heterocycles. The topological polar surface area (TPSA) is 59.4 Å². The third kappa shape index (κ3) is 3.22. The molecule has 0 saturated heterocycles. The van der Waals surface area contributed by atoms with Crippen molar-refractivity contribution in [3.63, 3.8) is 0 Å². The average Bonchev–Trinajstić information content (AvgIpc) is 2.27. The third-order valence-corrected chi connectivity index (χ3v) is 2.45. The van der Waals surface area contributed by atoms with E-state index in [1.807, 2.05) is 6.92 Å². The third-order valence-electron chi connectivity index (χ3n) is 2.45. The van der Waals surface area contributed by atoms with Gasteiger partial charge in [-0.05, 0) is 31.9 Å². The highest BCUT2D eigenvalue weighted by molar-refractivity contribution is 5.77. The molecule has 0 radical (unpaired) electrons. The summed E-state index contributed by atoms with van der Waals surface area (Å²) in [5, 5.41) is 9.18. The van der Waals surface area contributed by atoms with Crippen LogP contribution in [0.4, 0.5) is 0 Å². The van der Waals surface area contributed by atoms with Crippen LogP contribution in [0, 0.1) is 0 Å². The Hall–Kier alpha value is -1.58. The molecule has 4 heteroatoms. The van der Waals surface area contributed by atoms with E-state index < -0.39 is 11.6 Å². The Balaban J connectivity index is 2.75. The van der Waals surface area contributed by atoms with Crippen molar-refractivity contribution < 1.29 is 14.6 Å². The molecule has 0 amide bonds. The normalized spacial score (nSPS) is 14.1. The number of pyridine rings is 1. The number of carboxylic acids is 1. The van der Waals surface area contributed by atoms with Crippen LogP contribution in [0.1, 0.15) is 33.1 Å². The predicted octanol–water partition coefficient (Wildman–Crippen LogP) is 2.49. The standard InChI is InChI=1S/C12H17NO3/c1-3-4-7-12(2,11(14)15)16-10-5-8-13-9-6-10/h5-6,8-9H,3-4,7H2,1-2H3,(H,14,15). The summed E-state index contributed by atoms with van der Waals surface area (Å²) in [7, 11) is 0. The van der Waals surface area contributed by atoms with Gasteiger partial charge in [0.05, 0.1) is 0 Å². The molecule has 88 valence electrons. The summed E-state index contributed by atoms with van der Waals surface area (Å²) in [6.07, 6.45) is 5.44. The first kappa shape index (κ1) is 12.5. The molecule has 4 nitrogen and oxygen atoms in total. The summed E-state index contributed by atoms with van der Waals surface area (Å²) in [5.74, 6) is -0.395. The van der Waals surface area contributed by atoms with Gasteiger partial charge >= 0.3 is 5.97 Å². The monoisotopic (exact) mass is 223 g/mol. The first-order chi connectivity index (χ1) is 7.58. The Bertz CT molecular complexity index is 339. The SMILES string of the molecule is CCCCC(C)(Oc1ccncc1)C(=O)O. The Labute approximate surface area is 95.3 Å². The minimum atomic E-state index is -1.16. The number of unbranched alkanes of at least 4 members (excludes halogenated alkanes) is 1. The molecule has 1 rings (SSSR count). The maximum atomic E-state index is 11.2. The molecule has 0 aliphatic heterocycles. The van der Waals surface area contributed by atoms with Crippen LogP contribution >= 0.6 is 0 Å². The predicted molar refractivity (Wildman–Crippen MR) is 60.4 cm³/mol. The van der Waals surface area contributed by atoms with Crippen LogP contribution in [-0.4, -0.2) is 21.7 Å². The minimum Gasteiger partial charge on any atom is -0.478 e. The van der Waals surface area contributed by atoms with Gasteiger partial charge < -0.3 is 9.84 Å². The maximum Gasteiger partial charge on any atom is 0.347 e. The van der Waals surface area contributed by atoms with E-state index in [2.05, 4.69) is 4.98 Å². The Morgan fingerprint density at radius 3 is 2.62 bits per heavy atom. The van der Waals surface area contributed by atoms with Crippen molar-refractivity contribution in [2.24, 2.45) is 0 Å². The van der Waals surface area contributed by atoms with E-state index in [0.717, 1.165) is 12.8 Å². The average molecular weight is 223 g/mol. The van der Waals surface area contributed by atoms with Crippen LogP contribution in [0.3, 0.4) is 0 Å². The van der Waals surface area contributed by atoms with Crippen molar-refractivity contribution >= 4 is 5.97 Å². The maximum absolute atomic E-state index is 11.2. The molecule has 1 aromatic heterocycles. The van der Waals surface area contributed by atoms with Crippen molar-refractivity contribution in [1.29, 1.82) is 0 Å². The quantitative estimate of drug-likeness (QED) is 0.804. The number of carboxylic acid groups (broad SMARTS) is 1. The van der Waals surface area contributed by atoms with Gasteiger partial charge in [-0.15, -0.1) is 0 Å². The number of ether oxygens (including phenoxy) is 1. The molecule has 0 spiro atoms. The fourth-order valence-corrected chi connectivity index (χ4v) is 1.38. The van der Waals surface area contributed by atoms with Crippen molar-refractivity contribution in [3.05, 3.63) is 24.5 Å². The molecule has 16 heavy (non-hydrogen) atoms. The number of rotatable bonds is 6. The van der Waals surface area contributed by atoms with E-state index in [-0.39, 0.29) is 0 Å². The van der Waals surface area contributed by atoms with Crippen molar-refractivity contribution in [2.75, 3.05) is 0 Å². The second-order valence-electron chi connectivity index (χ2n) is 3.92. The van der Waals surface area contributed by atoms with Crippen LogP contribution in [0.2, 0.25) is 0 Å². The minimum absolute atomic E-state index is 0.501. The van der Waals surface area contributed by atoms with Gasteiger partial charge in [-0.25, -0.2) is 4.79 Å². The highest BCUT2D eigenvalue weighted by atomic mass is 16.5. The summed E-state index contributed by atoms with van der Waals surface area (Å²) in [6.45, 7) is 3.63. The number of carbonyl (C=O) groups is 1. The smallest absolute Gasteiger partial charge is 0.347 e. The van der Waals surface area contributed by atoms with Gasteiger partial charge in [0.2, 0.25) is 5.60 Å². The summed E-state index contributed by atoms with van der Waals surface area (Å²) in [5.41, 5.74) is -1.16. The number of aliphatic carboxylic acids is 1. The first-order valence-electron chi connectivity index (χ1n) is 5.41. The molecule has 1 aromatic rings. The van der Waals surface area contributed by atoms with Gasteiger partial charge in [-0.1, -0.05) is 13.3 Å². The lowest BCUT2D eigenvalue weighted by atomic mass is 9.99. The van der Waals surface area contributed by atoms with Crippen molar-refractivity contribution in [2.45, 2.75) is 38.7 Å². The van der Waals surface area contributed by atoms with E-state index in [1.54, 1.807) is 31.5 Å². The second kappa shape index (κ2) is 5.49. The fraction of sp³-hybridized carbons (Fsp3) is 0.500. The number of nitrogens with zero attached hydrogens (tertiary/aromatic N) is 1. The van der Waals surface area contributed by atoms with Gasteiger partial charge in [-0.3, -0.25) is 4.98 Å². The van der Waals surface area contributed by atoms with Crippen LogP contribution in [0.5, 0.6) is 5.75 Å². The Morgan fingerprint density at radius 1 is 1.50 bits per heavy atom. The van der Waals surface area contributed by atoms with Crippen LogP contribution in [-0.2, 0) is 4.79 Å². The number of aromatic nitrogens is 1. The molecular weight excluding hydrogens is 206 g/mol. The van der Waals surface area contributed by atoms with Gasteiger partial charge in [0, 0.05) is 12.4 Å². The largest absolute Gasteiger partial charge is 0.478 e. The Morgan fingerprint density at radius 2 is 2.12 bits per heavy atom. The fourth-order valence-electron chi connectivity index (χ4n) is 1.38. The van der Waals surface area contributed by atoms with E-state index in [9.17, 15) is 9.90 Å². The molecule has 0 aliphatic rings. The molecule has 0 saturated carbocycles. The number of hydrogen-bond donors (Lipinski definition) is 1. The molecule has 0 aliphatic carbocycles. The molecule has 1 atom stereocenters. The molecular formula is C12H17NO3. The van der Waals surface area contributed by atoms with Gasteiger partial charge in [0.1, 0.15) is 5.75 Å². The van der Waals surface area contributed by atoms with Gasteiger partial charge in [-0.2, -0.15) is 0 Å². The molecule has 1 N–H and O–H groups in total. The van der Waals surface area contributed by atoms with Crippen LogP contribution in [0.15, 0.2) is 24.5 Å². The summed E-state index contributed by atoms with van der Waals surface area (Å²) in [6, 6.07) is 3.32. The lowest BCUT2D eigenvalue weighted by molar-refractivity contribution is -0.154. The zero-order chi connectivity index (χ0) is 12.0. The molecule has 1 unspecified atom stereocenters. The summed E-state index contributed by atoms with van der Waals surface area (Å²) in [4.78, 5) is 15.0. The van der Waals surface area contributed by atoms with Crippen LogP contribution in [0.25, 0.3) is 0 Å². The zero-order valence-corrected chi connectivity index (χ0v) is 9.64. The van der Waals surface area contributed by atoms with E-state index in [4.69, 9.17) is 4.74 Å². The van der Waals surface area contributed by atoms with E-state index in [0.29, 0.717) is 12.2 Å². The number of hydrogen-bond acceptors (Lipinski definition) is 3. The lowest BCUT2D eigenvalue weighted by Crippen LogP contribution is -2.41.